The molecular weight excluding hydrogens is 695 g/mol. The number of fused-ring (bicyclic) bond motifs is 7. The second-order valence-electron chi connectivity index (χ2n) is 12.2. The minimum absolute atomic E-state index is 0.0336. The fourth-order valence-electron chi connectivity index (χ4n) is 6.97. The van der Waals surface area contributed by atoms with Crippen molar-refractivity contribution in [3.63, 3.8) is 0 Å². The number of benzene rings is 2. The topological polar surface area (TPSA) is 142 Å². The molecule has 2 aliphatic carbocycles. The van der Waals surface area contributed by atoms with Crippen LogP contribution in [-0.4, -0.2) is 71.6 Å². The molecule has 2 fully saturated rings. The zero-order valence-electron chi connectivity index (χ0n) is 26.8. The van der Waals surface area contributed by atoms with E-state index < -0.39 is 60.2 Å². The fourth-order valence-corrected chi connectivity index (χ4v) is 9.57. The SMILES string of the molecule is CCOP(=O)(NC1(C(=O)OC)CC1)Oc1c2n(ccc1=O)N([C@@H]1c3ccccc3-c3scnc3-c3c1ccc(F)c3F)[C@@H]1COCCN1C2=O. The largest absolute Gasteiger partial charge is 0.468 e. The molecule has 4 aliphatic rings. The molecule has 0 bridgehead atoms. The fraction of sp³-hybridized carbons (Fsp3) is 0.333. The monoisotopic (exact) mass is 725 g/mol. The number of hydrogen-bond acceptors (Lipinski definition) is 11. The van der Waals surface area contributed by atoms with Crippen LogP contribution in [0.15, 0.2) is 59.0 Å². The van der Waals surface area contributed by atoms with Crippen LogP contribution in [0.5, 0.6) is 5.75 Å². The molecule has 1 saturated heterocycles. The van der Waals surface area contributed by atoms with Gasteiger partial charge in [-0.05, 0) is 42.5 Å². The van der Waals surface area contributed by atoms with Crippen molar-refractivity contribution >= 4 is 31.0 Å². The lowest BCUT2D eigenvalue weighted by Gasteiger charge is -2.51. The first kappa shape index (κ1) is 32.7. The Morgan fingerprint density at radius 2 is 1.96 bits per heavy atom. The number of methoxy groups -OCH3 is 1. The van der Waals surface area contributed by atoms with Crippen molar-refractivity contribution in [3.8, 4) is 27.4 Å². The first-order valence-corrected chi connectivity index (χ1v) is 18.3. The number of thiazole rings is 1. The molecule has 2 aliphatic heterocycles. The van der Waals surface area contributed by atoms with E-state index in [0.29, 0.717) is 21.6 Å². The van der Waals surface area contributed by atoms with Crippen molar-refractivity contribution in [3.05, 3.63) is 92.9 Å². The van der Waals surface area contributed by atoms with E-state index in [9.17, 15) is 23.3 Å². The third-order valence-corrected chi connectivity index (χ3v) is 11.9. The number of carbonyl (C=O) groups excluding carboxylic acids is 2. The highest BCUT2D eigenvalue weighted by atomic mass is 32.1. The van der Waals surface area contributed by atoms with Crippen molar-refractivity contribution in [2.75, 3.05) is 38.5 Å². The van der Waals surface area contributed by atoms with Gasteiger partial charge in [-0.1, -0.05) is 30.3 Å². The van der Waals surface area contributed by atoms with Gasteiger partial charge >= 0.3 is 13.7 Å². The molecule has 0 radical (unpaired) electrons. The molecule has 1 saturated carbocycles. The smallest absolute Gasteiger partial charge is 0.459 e. The van der Waals surface area contributed by atoms with Crippen LogP contribution in [0.4, 0.5) is 8.78 Å². The predicted octanol–water partition coefficient (Wildman–Crippen LogP) is 4.59. The third-order valence-electron chi connectivity index (χ3n) is 9.33. The average Bonchev–Trinajstić information content (AvgIpc) is 3.76. The number of esters is 1. The maximum Gasteiger partial charge on any atom is 0.459 e. The molecule has 50 heavy (non-hydrogen) atoms. The van der Waals surface area contributed by atoms with Gasteiger partial charge in [0.1, 0.15) is 11.7 Å². The Morgan fingerprint density at radius 1 is 1.16 bits per heavy atom. The van der Waals surface area contributed by atoms with Gasteiger partial charge in [-0.3, -0.25) is 28.6 Å². The van der Waals surface area contributed by atoms with E-state index >= 15 is 4.39 Å². The lowest BCUT2D eigenvalue weighted by molar-refractivity contribution is -0.143. The Labute approximate surface area is 287 Å². The zero-order chi connectivity index (χ0) is 34.9. The number of rotatable bonds is 8. The molecule has 13 nitrogen and oxygen atoms in total. The zero-order valence-corrected chi connectivity index (χ0v) is 28.5. The molecule has 2 aromatic carbocycles. The molecule has 2 aromatic heterocycles. The van der Waals surface area contributed by atoms with Crippen LogP contribution in [0.25, 0.3) is 21.7 Å². The van der Waals surface area contributed by atoms with Crippen LogP contribution in [0, 0.1) is 11.6 Å². The van der Waals surface area contributed by atoms with Crippen molar-refractivity contribution in [1.29, 1.82) is 0 Å². The van der Waals surface area contributed by atoms with Crippen molar-refractivity contribution in [2.45, 2.75) is 37.5 Å². The summed E-state index contributed by atoms with van der Waals surface area (Å²) in [6.07, 6.45) is 1.15. The summed E-state index contributed by atoms with van der Waals surface area (Å²) >= 11 is 1.28. The van der Waals surface area contributed by atoms with Crippen LogP contribution in [0.2, 0.25) is 0 Å². The molecule has 3 atom stereocenters. The van der Waals surface area contributed by atoms with Crippen molar-refractivity contribution in [1.82, 2.24) is 19.6 Å². The predicted molar refractivity (Wildman–Crippen MR) is 176 cm³/mol. The number of amides is 1. The molecule has 4 aromatic rings. The van der Waals surface area contributed by atoms with Gasteiger partial charge < -0.3 is 18.9 Å². The maximum absolute atomic E-state index is 16.0. The number of nitrogens with zero attached hydrogens (tertiary/aromatic N) is 4. The maximum atomic E-state index is 16.0. The molecule has 1 unspecified atom stereocenters. The van der Waals surface area contributed by atoms with Crippen LogP contribution in [0.3, 0.4) is 0 Å². The highest BCUT2D eigenvalue weighted by Crippen LogP contribution is 2.53. The van der Waals surface area contributed by atoms with E-state index in [1.54, 1.807) is 17.4 Å². The van der Waals surface area contributed by atoms with Crippen LogP contribution in [0.1, 0.15) is 47.4 Å². The number of nitrogens with one attached hydrogen (secondary N) is 1. The summed E-state index contributed by atoms with van der Waals surface area (Å²) in [5, 5.41) is 4.41. The number of aromatic nitrogens is 2. The Morgan fingerprint density at radius 3 is 2.72 bits per heavy atom. The third kappa shape index (κ3) is 5.00. The van der Waals surface area contributed by atoms with Gasteiger partial charge in [0.2, 0.25) is 11.2 Å². The standard InChI is InChI=1S/C33H30F2N5O8PS/c1-3-47-49(44,37-33(11-12-33)32(43)45-2)48-29-22(41)10-13-39-28(29)31(42)38-14-15-46-16-23(38)40(39)27-18-6-4-5-7-19(18)30-26(36-17-50-30)24-20(27)8-9-21(34)25(24)35/h4-10,13,17,23,27H,3,11-12,14-16H2,1-2H3,(H,37,44)/t23-,27-,49?/m1/s1. The molecule has 8 rings (SSSR count). The van der Waals surface area contributed by atoms with Gasteiger partial charge in [-0.25, -0.2) is 18.3 Å². The minimum atomic E-state index is -4.49. The molecule has 1 amide bonds. The summed E-state index contributed by atoms with van der Waals surface area (Å²) < 4.78 is 68.9. The van der Waals surface area contributed by atoms with Gasteiger partial charge in [-0.15, -0.1) is 11.3 Å². The minimum Gasteiger partial charge on any atom is -0.468 e. The van der Waals surface area contributed by atoms with Crippen molar-refractivity contribution in [2.24, 2.45) is 0 Å². The molecular formula is C33H30F2N5O8PS. The summed E-state index contributed by atoms with van der Waals surface area (Å²) in [6, 6.07) is 10.2. The number of ether oxygens (including phenoxy) is 2. The number of morpholine rings is 1. The van der Waals surface area contributed by atoms with Gasteiger partial charge in [0, 0.05) is 24.4 Å². The molecule has 1 N–H and O–H groups in total. The van der Waals surface area contributed by atoms with E-state index in [2.05, 4.69) is 10.1 Å². The van der Waals surface area contributed by atoms with E-state index in [0.717, 1.165) is 12.1 Å². The molecule has 260 valence electrons. The molecule has 4 heterocycles. The lowest BCUT2D eigenvalue weighted by Crippen LogP contribution is -2.66. The summed E-state index contributed by atoms with van der Waals surface area (Å²) in [6.45, 7) is 1.77. The summed E-state index contributed by atoms with van der Waals surface area (Å²) in [5.41, 5.74) is 1.16. The van der Waals surface area contributed by atoms with Gasteiger partial charge in [0.15, 0.2) is 17.3 Å². The first-order chi connectivity index (χ1) is 24.1. The van der Waals surface area contributed by atoms with Gasteiger partial charge in [0.05, 0.1) is 49.1 Å². The second-order valence-corrected chi connectivity index (χ2v) is 14.7. The number of halogens is 2. The Bertz CT molecular complexity index is 2170. The van der Waals surface area contributed by atoms with Gasteiger partial charge in [-0.2, -0.15) is 5.09 Å². The van der Waals surface area contributed by atoms with Crippen LogP contribution >= 0.6 is 19.1 Å². The highest BCUT2D eigenvalue weighted by Gasteiger charge is 2.57. The highest BCUT2D eigenvalue weighted by molar-refractivity contribution is 7.52. The second kappa shape index (κ2) is 12.1. The number of hydrogen-bond donors (Lipinski definition) is 1. The average molecular weight is 726 g/mol. The number of pyridine rings is 1. The lowest BCUT2D eigenvalue weighted by atomic mass is 9.92. The summed E-state index contributed by atoms with van der Waals surface area (Å²) in [7, 11) is -3.29. The van der Waals surface area contributed by atoms with E-state index in [1.807, 2.05) is 24.3 Å². The quantitative estimate of drug-likeness (QED) is 0.202. The number of carbonyl (C=O) groups is 2. The Hall–Kier alpha value is -4.47. The van der Waals surface area contributed by atoms with Crippen molar-refractivity contribution < 1.29 is 41.5 Å². The first-order valence-electron chi connectivity index (χ1n) is 15.9. The normalized spacial score (nSPS) is 21.1. The summed E-state index contributed by atoms with van der Waals surface area (Å²) in [4.78, 5) is 47.2. The Kier molecular flexibility index (Phi) is 7.91. The van der Waals surface area contributed by atoms with E-state index in [4.69, 9.17) is 18.5 Å². The van der Waals surface area contributed by atoms with E-state index in [-0.39, 0.29) is 56.2 Å². The van der Waals surface area contributed by atoms with Gasteiger partial charge in [0.25, 0.3) is 5.91 Å². The van der Waals surface area contributed by atoms with Crippen LogP contribution < -0.4 is 20.0 Å². The van der Waals surface area contributed by atoms with E-state index in [1.165, 1.54) is 40.3 Å². The molecule has 17 heteroatoms. The Balaban J connectivity index is 1.35. The van der Waals surface area contributed by atoms with Crippen LogP contribution in [-0.2, 0) is 23.4 Å². The molecule has 0 spiro atoms. The summed E-state index contributed by atoms with van der Waals surface area (Å²) in [5.74, 6) is -4.00.